The third-order valence-electron chi connectivity index (χ3n) is 3.05. The predicted molar refractivity (Wildman–Crippen MR) is 84.8 cm³/mol. The molecule has 2 nitrogen and oxygen atoms in total. The molecule has 5 heteroatoms. The maximum absolute atomic E-state index is 13.9. The summed E-state index contributed by atoms with van der Waals surface area (Å²) >= 11 is 4.87. The third-order valence-corrected chi connectivity index (χ3v) is 4.61. The van der Waals surface area contributed by atoms with Gasteiger partial charge in [-0.1, -0.05) is 22.9 Å². The Kier molecular flexibility index (Phi) is 5.18. The van der Waals surface area contributed by atoms with E-state index in [2.05, 4.69) is 15.9 Å². The van der Waals surface area contributed by atoms with E-state index in [1.165, 1.54) is 10.9 Å². The Balaban J connectivity index is 2.28. The van der Waals surface area contributed by atoms with E-state index in [4.69, 9.17) is 10.5 Å². The van der Waals surface area contributed by atoms with Crippen molar-refractivity contribution in [1.29, 1.82) is 0 Å². The van der Waals surface area contributed by atoms with Crippen molar-refractivity contribution in [3.63, 3.8) is 0 Å². The molecule has 0 spiro atoms. The zero-order valence-electron chi connectivity index (χ0n) is 11.4. The smallest absolute Gasteiger partial charge is 0.166 e. The second kappa shape index (κ2) is 6.70. The maximum atomic E-state index is 13.9. The van der Waals surface area contributed by atoms with Crippen LogP contribution in [0.15, 0.2) is 34.8 Å². The highest BCUT2D eigenvalue weighted by Gasteiger charge is 2.23. The van der Waals surface area contributed by atoms with Gasteiger partial charge in [0.25, 0.3) is 0 Å². The summed E-state index contributed by atoms with van der Waals surface area (Å²) in [6, 6.07) is 8.62. The lowest BCUT2D eigenvalue weighted by Crippen LogP contribution is -2.31. The monoisotopic (exact) mass is 357 g/mol. The van der Waals surface area contributed by atoms with Crippen LogP contribution < -0.4 is 10.5 Å². The van der Waals surface area contributed by atoms with Gasteiger partial charge in [-0.2, -0.15) is 0 Å². The number of halogens is 2. The molecule has 108 valence electrons. The highest BCUT2D eigenvalue weighted by atomic mass is 79.9. The van der Waals surface area contributed by atoms with Crippen molar-refractivity contribution in [3.05, 3.63) is 50.4 Å². The zero-order valence-corrected chi connectivity index (χ0v) is 13.8. The second-order valence-electron chi connectivity index (χ2n) is 4.63. The van der Waals surface area contributed by atoms with Crippen LogP contribution in [0, 0.1) is 12.7 Å². The van der Waals surface area contributed by atoms with Gasteiger partial charge in [0, 0.05) is 20.3 Å². The minimum atomic E-state index is -0.388. The number of hydrogen-bond donors (Lipinski definition) is 1. The van der Waals surface area contributed by atoms with Gasteiger partial charge in [0.15, 0.2) is 11.6 Å². The van der Waals surface area contributed by atoms with Crippen molar-refractivity contribution < 1.29 is 9.13 Å². The molecular weight excluding hydrogens is 341 g/mol. The van der Waals surface area contributed by atoms with Crippen LogP contribution in [0.25, 0.3) is 0 Å². The standard InChI is InChI=1S/C15H17BrFNOS/c1-3-12(18)15(14-7-4-9(2)20-14)19-13-6-5-10(16)8-11(13)17/h4-8,12,15H,3,18H2,1-2H3. The Bertz CT molecular complexity index is 587. The van der Waals surface area contributed by atoms with Gasteiger partial charge < -0.3 is 10.5 Å². The summed E-state index contributed by atoms with van der Waals surface area (Å²) in [6.07, 6.45) is 0.439. The van der Waals surface area contributed by atoms with Crippen molar-refractivity contribution in [1.82, 2.24) is 0 Å². The summed E-state index contributed by atoms with van der Waals surface area (Å²) in [7, 11) is 0. The molecule has 2 unspecified atom stereocenters. The van der Waals surface area contributed by atoms with Gasteiger partial charge in [-0.25, -0.2) is 4.39 Å². The van der Waals surface area contributed by atoms with Crippen LogP contribution in [0.1, 0.15) is 29.2 Å². The molecule has 0 aliphatic carbocycles. The maximum Gasteiger partial charge on any atom is 0.166 e. The second-order valence-corrected chi connectivity index (χ2v) is 6.87. The van der Waals surface area contributed by atoms with Crippen LogP contribution in [0.3, 0.4) is 0 Å². The molecule has 2 N–H and O–H groups in total. The van der Waals surface area contributed by atoms with Gasteiger partial charge in [-0.05, 0) is 43.7 Å². The van der Waals surface area contributed by atoms with Crippen LogP contribution in [-0.2, 0) is 0 Å². The summed E-state index contributed by atoms with van der Waals surface area (Å²) in [5, 5.41) is 0. The Hall–Kier alpha value is -0.910. The summed E-state index contributed by atoms with van der Waals surface area (Å²) < 4.78 is 20.4. The van der Waals surface area contributed by atoms with Gasteiger partial charge in [0.05, 0.1) is 0 Å². The number of hydrogen-bond acceptors (Lipinski definition) is 3. The van der Waals surface area contributed by atoms with Crippen molar-refractivity contribution in [2.75, 3.05) is 0 Å². The van der Waals surface area contributed by atoms with Crippen LogP contribution in [0.4, 0.5) is 4.39 Å². The van der Waals surface area contributed by atoms with Crippen molar-refractivity contribution >= 4 is 27.3 Å². The van der Waals surface area contributed by atoms with Gasteiger partial charge in [-0.3, -0.25) is 0 Å². The lowest BCUT2D eigenvalue weighted by molar-refractivity contribution is 0.167. The normalized spacial score (nSPS) is 14.1. The van der Waals surface area contributed by atoms with Crippen LogP contribution in [-0.4, -0.2) is 6.04 Å². The molecule has 20 heavy (non-hydrogen) atoms. The van der Waals surface area contributed by atoms with E-state index in [-0.39, 0.29) is 23.7 Å². The number of ether oxygens (including phenoxy) is 1. The first kappa shape index (κ1) is 15.5. The Morgan fingerprint density at radius 2 is 2.10 bits per heavy atom. The number of rotatable bonds is 5. The SMILES string of the molecule is CCC(N)C(Oc1ccc(Br)cc1F)c1ccc(C)s1. The van der Waals surface area contributed by atoms with Crippen molar-refractivity contribution in [2.45, 2.75) is 32.4 Å². The Morgan fingerprint density at radius 1 is 1.35 bits per heavy atom. The quantitative estimate of drug-likeness (QED) is 0.832. The first-order valence-corrected chi connectivity index (χ1v) is 8.05. The molecule has 0 aliphatic rings. The Morgan fingerprint density at radius 3 is 2.65 bits per heavy atom. The van der Waals surface area contributed by atoms with E-state index in [0.717, 1.165) is 11.3 Å². The molecule has 0 fully saturated rings. The molecule has 1 aromatic carbocycles. The van der Waals surface area contributed by atoms with Crippen molar-refractivity contribution in [3.8, 4) is 5.75 Å². The fourth-order valence-electron chi connectivity index (χ4n) is 1.88. The van der Waals surface area contributed by atoms with E-state index in [1.54, 1.807) is 23.5 Å². The Labute approximate surface area is 130 Å². The van der Waals surface area contributed by atoms with E-state index in [0.29, 0.717) is 4.47 Å². The van der Waals surface area contributed by atoms with Gasteiger partial charge in [-0.15, -0.1) is 11.3 Å². The molecule has 2 atom stereocenters. The molecule has 0 saturated heterocycles. The largest absolute Gasteiger partial charge is 0.480 e. The number of thiophene rings is 1. The van der Waals surface area contributed by atoms with Gasteiger partial charge in [0.1, 0.15) is 6.10 Å². The van der Waals surface area contributed by atoms with Crippen LogP contribution >= 0.6 is 27.3 Å². The summed E-state index contributed by atoms with van der Waals surface area (Å²) in [5.74, 6) is -0.158. The molecule has 2 rings (SSSR count). The molecule has 2 aromatic rings. The molecule has 0 amide bonds. The average Bonchev–Trinajstić information content (AvgIpc) is 2.83. The fraction of sp³-hybridized carbons (Fsp3) is 0.333. The lowest BCUT2D eigenvalue weighted by Gasteiger charge is -2.23. The summed E-state index contributed by atoms with van der Waals surface area (Å²) in [5.41, 5.74) is 6.14. The lowest BCUT2D eigenvalue weighted by atomic mass is 10.1. The number of aryl methyl sites for hydroxylation is 1. The molecule has 0 radical (unpaired) electrons. The minimum Gasteiger partial charge on any atom is -0.480 e. The van der Waals surface area contributed by atoms with Gasteiger partial charge in [0.2, 0.25) is 0 Å². The molecule has 1 aromatic heterocycles. The molecule has 0 aliphatic heterocycles. The fourth-order valence-corrected chi connectivity index (χ4v) is 3.20. The third kappa shape index (κ3) is 3.59. The summed E-state index contributed by atoms with van der Waals surface area (Å²) in [4.78, 5) is 2.22. The number of benzene rings is 1. The van der Waals surface area contributed by atoms with E-state index < -0.39 is 0 Å². The van der Waals surface area contributed by atoms with E-state index in [1.807, 2.05) is 26.0 Å². The first-order chi connectivity index (χ1) is 9.51. The molecular formula is C15H17BrFNOS. The highest BCUT2D eigenvalue weighted by Crippen LogP contribution is 2.32. The summed E-state index contributed by atoms with van der Waals surface area (Å²) in [6.45, 7) is 4.03. The van der Waals surface area contributed by atoms with Crippen LogP contribution in [0.2, 0.25) is 0 Å². The zero-order chi connectivity index (χ0) is 14.7. The van der Waals surface area contributed by atoms with E-state index >= 15 is 0 Å². The average molecular weight is 358 g/mol. The molecule has 0 saturated carbocycles. The van der Waals surface area contributed by atoms with E-state index in [9.17, 15) is 4.39 Å². The first-order valence-electron chi connectivity index (χ1n) is 6.45. The van der Waals surface area contributed by atoms with Crippen molar-refractivity contribution in [2.24, 2.45) is 5.73 Å². The van der Waals surface area contributed by atoms with Crippen LogP contribution in [0.5, 0.6) is 5.75 Å². The predicted octanol–water partition coefficient (Wildman–Crippen LogP) is 4.82. The highest BCUT2D eigenvalue weighted by molar-refractivity contribution is 9.10. The molecule has 1 heterocycles. The van der Waals surface area contributed by atoms with Gasteiger partial charge >= 0.3 is 0 Å². The topological polar surface area (TPSA) is 35.2 Å². The number of nitrogens with two attached hydrogens (primary N) is 1. The minimum absolute atomic E-state index is 0.170. The molecule has 0 bridgehead atoms.